The highest BCUT2D eigenvalue weighted by Gasteiger charge is 2.31. The molecule has 4 nitrogen and oxygen atoms in total. The first-order valence-corrected chi connectivity index (χ1v) is 11.2. The molecule has 2 aliphatic rings. The first-order valence-electron chi connectivity index (χ1n) is 10.8. The van der Waals surface area contributed by atoms with Gasteiger partial charge >= 0.3 is 0 Å². The fraction of sp³-hybridized carbons (Fsp3) is 0.360. The Balaban J connectivity index is 1.35. The van der Waals surface area contributed by atoms with Crippen LogP contribution in [0.3, 0.4) is 0 Å². The molecule has 1 aliphatic carbocycles. The quantitative estimate of drug-likeness (QED) is 0.586. The number of aliphatic hydroxyl groups excluding tert-OH is 1. The summed E-state index contributed by atoms with van der Waals surface area (Å²) in [6, 6.07) is 13.6. The third-order valence-corrected chi connectivity index (χ3v) is 6.75. The van der Waals surface area contributed by atoms with Gasteiger partial charge in [0.25, 0.3) is 5.91 Å². The van der Waals surface area contributed by atoms with E-state index in [9.17, 15) is 14.3 Å². The van der Waals surface area contributed by atoms with Crippen LogP contribution in [-0.4, -0.2) is 34.0 Å². The summed E-state index contributed by atoms with van der Waals surface area (Å²) >= 11 is 5.95. The Hall–Kier alpha value is -2.50. The van der Waals surface area contributed by atoms with E-state index in [0.29, 0.717) is 53.3 Å². The van der Waals surface area contributed by atoms with Crippen LogP contribution in [0.5, 0.6) is 0 Å². The monoisotopic (exact) mass is 438 g/mol. The molecule has 0 spiro atoms. The molecule has 6 heteroatoms. The van der Waals surface area contributed by atoms with Crippen LogP contribution in [0.2, 0.25) is 5.02 Å². The van der Waals surface area contributed by atoms with Gasteiger partial charge in [-0.2, -0.15) is 0 Å². The Morgan fingerprint density at radius 2 is 1.77 bits per heavy atom. The number of aliphatic hydroxyl groups is 1. The van der Waals surface area contributed by atoms with Crippen molar-refractivity contribution in [2.45, 2.75) is 37.7 Å². The van der Waals surface area contributed by atoms with Crippen molar-refractivity contribution in [2.24, 2.45) is 5.92 Å². The summed E-state index contributed by atoms with van der Waals surface area (Å²) in [4.78, 5) is 19.9. The van der Waals surface area contributed by atoms with E-state index in [1.807, 2.05) is 23.1 Å². The van der Waals surface area contributed by atoms with Gasteiger partial charge in [-0.1, -0.05) is 23.7 Å². The standard InChI is InChI=1S/C25H24ClFN2O2/c26-18-5-3-16(4-6-18)24(30)17-9-11-29(12-10-17)25(31)21-14-23(15-1-2-15)28-22-8-7-19(27)13-20(21)22/h3-8,13-15,17,24,30H,1-2,9-12H2/t24-/m1/s1. The number of amides is 1. The van der Waals surface area contributed by atoms with Crippen molar-refractivity contribution in [3.8, 4) is 0 Å². The topological polar surface area (TPSA) is 53.4 Å². The van der Waals surface area contributed by atoms with Gasteiger partial charge in [-0.15, -0.1) is 0 Å². The molecule has 31 heavy (non-hydrogen) atoms. The molecule has 2 fully saturated rings. The Labute approximate surface area is 185 Å². The molecule has 1 saturated carbocycles. The van der Waals surface area contributed by atoms with E-state index in [4.69, 9.17) is 11.6 Å². The number of halogens is 2. The third-order valence-electron chi connectivity index (χ3n) is 6.50. The first-order chi connectivity index (χ1) is 15.0. The predicted octanol–water partition coefficient (Wildman–Crippen LogP) is 5.49. The Kier molecular flexibility index (Phi) is 5.40. The number of aromatic nitrogens is 1. The molecule has 2 aromatic carbocycles. The summed E-state index contributed by atoms with van der Waals surface area (Å²) in [5.74, 6) is 0.0341. The minimum Gasteiger partial charge on any atom is -0.388 e. The number of nitrogens with zero attached hydrogens (tertiary/aromatic N) is 2. The lowest BCUT2D eigenvalue weighted by Crippen LogP contribution is -2.40. The average molecular weight is 439 g/mol. The third kappa shape index (κ3) is 4.17. The van der Waals surface area contributed by atoms with Gasteiger partial charge in [-0.25, -0.2) is 4.39 Å². The van der Waals surface area contributed by atoms with Gasteiger partial charge in [0.2, 0.25) is 0 Å². The van der Waals surface area contributed by atoms with E-state index < -0.39 is 6.10 Å². The molecule has 1 amide bonds. The first kappa shape index (κ1) is 20.4. The lowest BCUT2D eigenvalue weighted by molar-refractivity contribution is 0.0463. The van der Waals surface area contributed by atoms with Crippen molar-refractivity contribution in [3.05, 3.63) is 76.2 Å². The molecule has 1 atom stereocenters. The zero-order chi connectivity index (χ0) is 21.5. The Morgan fingerprint density at radius 3 is 2.45 bits per heavy atom. The highest BCUT2D eigenvalue weighted by molar-refractivity contribution is 6.30. The largest absolute Gasteiger partial charge is 0.388 e. The number of rotatable bonds is 4. The number of hydrogen-bond acceptors (Lipinski definition) is 3. The summed E-state index contributed by atoms with van der Waals surface area (Å²) in [6.07, 6.45) is 3.01. The van der Waals surface area contributed by atoms with Gasteiger partial charge in [0, 0.05) is 35.1 Å². The van der Waals surface area contributed by atoms with Crippen molar-refractivity contribution in [1.29, 1.82) is 0 Å². The van der Waals surface area contributed by atoms with Crippen LogP contribution in [0.15, 0.2) is 48.5 Å². The summed E-state index contributed by atoms with van der Waals surface area (Å²) in [6.45, 7) is 1.12. The number of benzene rings is 2. The van der Waals surface area contributed by atoms with Crippen LogP contribution in [0.1, 0.15) is 59.3 Å². The van der Waals surface area contributed by atoms with E-state index in [-0.39, 0.29) is 17.6 Å². The molecule has 2 heterocycles. The number of fused-ring (bicyclic) bond motifs is 1. The van der Waals surface area contributed by atoms with E-state index in [1.54, 1.807) is 18.2 Å². The predicted molar refractivity (Wildman–Crippen MR) is 119 cm³/mol. The van der Waals surface area contributed by atoms with Crippen molar-refractivity contribution in [2.75, 3.05) is 13.1 Å². The molecular weight excluding hydrogens is 415 g/mol. The zero-order valence-electron chi connectivity index (χ0n) is 17.1. The summed E-state index contributed by atoms with van der Waals surface area (Å²) in [5.41, 5.74) is 2.97. The summed E-state index contributed by atoms with van der Waals surface area (Å²) in [5, 5.41) is 12.0. The number of hydrogen-bond donors (Lipinski definition) is 1. The fourth-order valence-electron chi connectivity index (χ4n) is 4.50. The smallest absolute Gasteiger partial charge is 0.254 e. The van der Waals surface area contributed by atoms with Gasteiger partial charge < -0.3 is 10.0 Å². The highest BCUT2D eigenvalue weighted by atomic mass is 35.5. The molecule has 1 saturated heterocycles. The lowest BCUT2D eigenvalue weighted by atomic mass is 9.87. The van der Waals surface area contributed by atoms with E-state index >= 15 is 0 Å². The second-order valence-corrected chi connectivity index (χ2v) is 9.09. The number of carbonyl (C=O) groups is 1. The van der Waals surface area contributed by atoms with Gasteiger partial charge in [0.05, 0.1) is 17.2 Å². The maximum Gasteiger partial charge on any atom is 0.254 e. The van der Waals surface area contributed by atoms with Gasteiger partial charge in [-0.05, 0) is 73.6 Å². The average Bonchev–Trinajstić information content (AvgIpc) is 3.64. The van der Waals surface area contributed by atoms with Crippen molar-refractivity contribution in [1.82, 2.24) is 9.88 Å². The second kappa shape index (κ2) is 8.21. The maximum absolute atomic E-state index is 13.9. The van der Waals surface area contributed by atoms with Crippen molar-refractivity contribution in [3.63, 3.8) is 0 Å². The van der Waals surface area contributed by atoms with Gasteiger partial charge in [0.15, 0.2) is 0 Å². The second-order valence-electron chi connectivity index (χ2n) is 8.66. The van der Waals surface area contributed by atoms with Crippen LogP contribution < -0.4 is 0 Å². The molecule has 5 rings (SSSR count). The van der Waals surface area contributed by atoms with E-state index in [0.717, 1.165) is 24.1 Å². The Bertz CT molecular complexity index is 1120. The molecule has 0 bridgehead atoms. The van der Waals surface area contributed by atoms with E-state index in [1.165, 1.54) is 12.1 Å². The molecule has 0 radical (unpaired) electrons. The highest BCUT2D eigenvalue weighted by Crippen LogP contribution is 2.40. The normalized spacial score (nSPS) is 18.4. The molecule has 1 N–H and O–H groups in total. The molecule has 0 unspecified atom stereocenters. The molecule has 160 valence electrons. The van der Waals surface area contributed by atoms with Crippen LogP contribution in [-0.2, 0) is 0 Å². The minimum absolute atomic E-state index is 0.0823. The zero-order valence-corrected chi connectivity index (χ0v) is 17.9. The fourth-order valence-corrected chi connectivity index (χ4v) is 4.63. The number of pyridine rings is 1. The number of likely N-dealkylation sites (tertiary alicyclic amines) is 1. The van der Waals surface area contributed by atoms with Gasteiger partial charge in [0.1, 0.15) is 5.82 Å². The van der Waals surface area contributed by atoms with Crippen molar-refractivity contribution >= 4 is 28.4 Å². The maximum atomic E-state index is 13.9. The van der Waals surface area contributed by atoms with Crippen LogP contribution >= 0.6 is 11.6 Å². The van der Waals surface area contributed by atoms with Gasteiger partial charge in [-0.3, -0.25) is 9.78 Å². The molecule has 1 aromatic heterocycles. The Morgan fingerprint density at radius 1 is 1.06 bits per heavy atom. The number of piperidine rings is 1. The molecule has 3 aromatic rings. The molecular formula is C25H24ClFN2O2. The van der Waals surface area contributed by atoms with Crippen LogP contribution in [0.25, 0.3) is 10.9 Å². The number of carbonyl (C=O) groups excluding carboxylic acids is 1. The molecule has 1 aliphatic heterocycles. The SMILES string of the molecule is O=C(c1cc(C2CC2)nc2ccc(F)cc12)N1CCC([C@H](O)c2ccc(Cl)cc2)CC1. The van der Waals surface area contributed by atoms with Crippen molar-refractivity contribution < 1.29 is 14.3 Å². The minimum atomic E-state index is -0.577. The van der Waals surface area contributed by atoms with Crippen LogP contribution in [0, 0.1) is 11.7 Å². The van der Waals surface area contributed by atoms with E-state index in [2.05, 4.69) is 4.98 Å². The van der Waals surface area contributed by atoms with Crippen LogP contribution in [0.4, 0.5) is 4.39 Å². The summed E-state index contributed by atoms with van der Waals surface area (Å²) < 4.78 is 13.9. The lowest BCUT2D eigenvalue weighted by Gasteiger charge is -2.34. The summed E-state index contributed by atoms with van der Waals surface area (Å²) in [7, 11) is 0.